The van der Waals surface area contributed by atoms with Crippen LogP contribution in [-0.2, 0) is 4.79 Å². The summed E-state index contributed by atoms with van der Waals surface area (Å²) in [6.07, 6.45) is 1.32. The van der Waals surface area contributed by atoms with Crippen LogP contribution in [0.2, 0.25) is 0 Å². The topological polar surface area (TPSA) is 57.6 Å². The lowest BCUT2D eigenvalue weighted by Crippen LogP contribution is -2.40. The number of amides is 1. The van der Waals surface area contributed by atoms with Crippen LogP contribution in [0.3, 0.4) is 0 Å². The smallest absolute Gasteiger partial charge is 0.326 e. The Hall–Kier alpha value is -1.40. The average Bonchev–Trinajstić information content (AvgIpc) is 3.02. The first-order chi connectivity index (χ1) is 8.66. The number of rotatable bonds is 2. The van der Waals surface area contributed by atoms with E-state index in [4.69, 9.17) is 5.11 Å². The molecule has 4 nitrogen and oxygen atoms in total. The van der Waals surface area contributed by atoms with Gasteiger partial charge in [0.2, 0.25) is 0 Å². The summed E-state index contributed by atoms with van der Waals surface area (Å²) < 4.78 is 2.18. The summed E-state index contributed by atoms with van der Waals surface area (Å²) >= 11 is 3.04. The zero-order valence-electron chi connectivity index (χ0n) is 9.46. The van der Waals surface area contributed by atoms with Crippen molar-refractivity contribution in [2.24, 2.45) is 0 Å². The van der Waals surface area contributed by atoms with Crippen LogP contribution in [0.4, 0.5) is 0 Å². The van der Waals surface area contributed by atoms with E-state index < -0.39 is 12.0 Å². The second-order valence-electron chi connectivity index (χ2n) is 4.25. The lowest BCUT2D eigenvalue weighted by atomic mass is 10.2. The van der Waals surface area contributed by atoms with Crippen LogP contribution < -0.4 is 0 Å². The molecule has 94 valence electrons. The fourth-order valence-electron chi connectivity index (χ4n) is 2.28. The summed E-state index contributed by atoms with van der Waals surface area (Å²) in [5.74, 6) is -1.05. The van der Waals surface area contributed by atoms with Gasteiger partial charge in [-0.3, -0.25) is 4.79 Å². The number of carboxylic acids is 1. The number of thiophene rings is 2. The van der Waals surface area contributed by atoms with Crippen LogP contribution >= 0.6 is 22.7 Å². The molecular formula is C12H11NO3S2. The lowest BCUT2D eigenvalue weighted by Gasteiger charge is -2.20. The Labute approximate surface area is 111 Å². The Morgan fingerprint density at radius 1 is 1.39 bits per heavy atom. The van der Waals surface area contributed by atoms with E-state index in [1.807, 2.05) is 17.5 Å². The fraction of sp³-hybridized carbons (Fsp3) is 0.333. The fourth-order valence-corrected chi connectivity index (χ4v) is 4.34. The van der Waals surface area contributed by atoms with Crippen molar-refractivity contribution >= 4 is 43.9 Å². The van der Waals surface area contributed by atoms with Gasteiger partial charge in [0.15, 0.2) is 0 Å². The number of likely N-dealkylation sites (tertiary alicyclic amines) is 1. The van der Waals surface area contributed by atoms with Gasteiger partial charge in [-0.2, -0.15) is 0 Å². The maximum atomic E-state index is 12.3. The van der Waals surface area contributed by atoms with Gasteiger partial charge in [-0.1, -0.05) is 0 Å². The standard InChI is InChI=1S/C12H11NO3S2/c14-11(13-4-1-2-7(13)12(15)16)10-6-9-8(18-10)3-5-17-9/h3,5-7H,1-2,4H2,(H,15,16)/t7-/m1/s1. The van der Waals surface area contributed by atoms with E-state index in [9.17, 15) is 9.59 Å². The van der Waals surface area contributed by atoms with E-state index in [1.165, 1.54) is 16.2 Å². The minimum Gasteiger partial charge on any atom is -0.480 e. The molecule has 1 fully saturated rings. The third kappa shape index (κ3) is 1.81. The monoisotopic (exact) mass is 281 g/mol. The van der Waals surface area contributed by atoms with Crippen molar-refractivity contribution in [3.05, 3.63) is 22.4 Å². The molecule has 1 aliphatic rings. The van der Waals surface area contributed by atoms with Crippen molar-refractivity contribution in [1.29, 1.82) is 0 Å². The number of carbonyl (C=O) groups excluding carboxylic acids is 1. The second-order valence-corrected chi connectivity index (χ2v) is 6.29. The van der Waals surface area contributed by atoms with E-state index in [0.29, 0.717) is 17.8 Å². The largest absolute Gasteiger partial charge is 0.480 e. The molecule has 0 aromatic carbocycles. The third-order valence-corrected chi connectivity index (χ3v) is 5.23. The molecule has 6 heteroatoms. The van der Waals surface area contributed by atoms with Gasteiger partial charge in [0.05, 0.1) is 4.88 Å². The Morgan fingerprint density at radius 2 is 2.22 bits per heavy atom. The molecule has 1 N–H and O–H groups in total. The molecule has 3 heterocycles. The van der Waals surface area contributed by atoms with E-state index in [-0.39, 0.29) is 5.91 Å². The van der Waals surface area contributed by atoms with Gasteiger partial charge >= 0.3 is 5.97 Å². The van der Waals surface area contributed by atoms with Gasteiger partial charge in [-0.05, 0) is 30.4 Å². The molecule has 0 aliphatic carbocycles. The first-order valence-corrected chi connectivity index (χ1v) is 7.37. The molecule has 2 aromatic heterocycles. The first kappa shape index (κ1) is 11.7. The average molecular weight is 281 g/mol. The Kier molecular flexibility index (Phi) is 2.83. The Bertz CT molecular complexity index is 587. The molecule has 3 rings (SSSR count). The summed E-state index contributed by atoms with van der Waals surface area (Å²) in [6.45, 7) is 0.543. The minimum atomic E-state index is -0.904. The van der Waals surface area contributed by atoms with Crippen molar-refractivity contribution in [1.82, 2.24) is 4.90 Å². The first-order valence-electron chi connectivity index (χ1n) is 5.67. The highest BCUT2D eigenvalue weighted by Crippen LogP contribution is 2.32. The molecule has 18 heavy (non-hydrogen) atoms. The highest BCUT2D eigenvalue weighted by molar-refractivity contribution is 7.27. The van der Waals surface area contributed by atoms with Crippen molar-refractivity contribution in [3.8, 4) is 0 Å². The number of carbonyl (C=O) groups is 2. The van der Waals surface area contributed by atoms with Crippen LogP contribution in [-0.4, -0.2) is 34.5 Å². The van der Waals surface area contributed by atoms with Crippen LogP contribution in [0, 0.1) is 0 Å². The molecule has 1 saturated heterocycles. The highest BCUT2D eigenvalue weighted by atomic mass is 32.1. The number of hydrogen-bond acceptors (Lipinski definition) is 4. The summed E-state index contributed by atoms with van der Waals surface area (Å²) in [7, 11) is 0. The predicted molar refractivity (Wildman–Crippen MR) is 71.4 cm³/mol. The van der Waals surface area contributed by atoms with E-state index in [1.54, 1.807) is 11.3 Å². The zero-order chi connectivity index (χ0) is 12.7. The van der Waals surface area contributed by atoms with Gasteiger partial charge in [0.1, 0.15) is 6.04 Å². The minimum absolute atomic E-state index is 0.145. The van der Waals surface area contributed by atoms with Crippen LogP contribution in [0.15, 0.2) is 17.5 Å². The van der Waals surface area contributed by atoms with Crippen molar-refractivity contribution in [3.63, 3.8) is 0 Å². The van der Waals surface area contributed by atoms with E-state index in [0.717, 1.165) is 15.8 Å². The molecule has 1 aliphatic heterocycles. The number of nitrogens with zero attached hydrogens (tertiary/aromatic N) is 1. The van der Waals surface area contributed by atoms with Gasteiger partial charge in [-0.25, -0.2) is 4.79 Å². The SMILES string of the molecule is O=C(O)[C@H]1CCCN1C(=O)c1cc2sccc2s1. The van der Waals surface area contributed by atoms with Crippen molar-refractivity contribution < 1.29 is 14.7 Å². The summed E-state index contributed by atoms with van der Waals surface area (Å²) in [4.78, 5) is 25.5. The molecule has 0 bridgehead atoms. The van der Waals surface area contributed by atoms with E-state index >= 15 is 0 Å². The number of hydrogen-bond donors (Lipinski definition) is 1. The third-order valence-electron chi connectivity index (χ3n) is 3.15. The quantitative estimate of drug-likeness (QED) is 0.920. The van der Waals surface area contributed by atoms with Gasteiger partial charge in [-0.15, -0.1) is 22.7 Å². The molecule has 0 saturated carbocycles. The lowest BCUT2D eigenvalue weighted by molar-refractivity contribution is -0.141. The molecule has 1 atom stereocenters. The van der Waals surface area contributed by atoms with Crippen LogP contribution in [0.5, 0.6) is 0 Å². The Morgan fingerprint density at radius 3 is 2.94 bits per heavy atom. The molecule has 2 aromatic rings. The predicted octanol–water partition coefficient (Wildman–Crippen LogP) is 2.65. The van der Waals surface area contributed by atoms with Crippen LogP contribution in [0.1, 0.15) is 22.5 Å². The van der Waals surface area contributed by atoms with Crippen molar-refractivity contribution in [2.75, 3.05) is 6.54 Å². The molecular weight excluding hydrogens is 270 g/mol. The van der Waals surface area contributed by atoms with Crippen molar-refractivity contribution in [2.45, 2.75) is 18.9 Å². The normalized spacial score (nSPS) is 19.6. The number of carboxylic acid groups (broad SMARTS) is 1. The van der Waals surface area contributed by atoms with E-state index in [2.05, 4.69) is 0 Å². The van der Waals surface area contributed by atoms with Gasteiger partial charge in [0, 0.05) is 15.9 Å². The summed E-state index contributed by atoms with van der Waals surface area (Å²) in [5, 5.41) is 11.1. The maximum absolute atomic E-state index is 12.3. The number of fused-ring (bicyclic) bond motifs is 1. The van der Waals surface area contributed by atoms with Crippen LogP contribution in [0.25, 0.3) is 9.40 Å². The Balaban J connectivity index is 1.90. The van der Waals surface area contributed by atoms with Gasteiger partial charge in [0.25, 0.3) is 5.91 Å². The van der Waals surface area contributed by atoms with Gasteiger partial charge < -0.3 is 10.0 Å². The second kappa shape index (κ2) is 4.37. The zero-order valence-corrected chi connectivity index (χ0v) is 11.1. The molecule has 0 unspecified atom stereocenters. The summed E-state index contributed by atoms with van der Waals surface area (Å²) in [6, 6.07) is 3.20. The number of aliphatic carboxylic acids is 1. The maximum Gasteiger partial charge on any atom is 0.326 e. The molecule has 1 amide bonds. The molecule has 0 spiro atoms. The summed E-state index contributed by atoms with van der Waals surface area (Å²) in [5.41, 5.74) is 0. The highest BCUT2D eigenvalue weighted by Gasteiger charge is 2.34. The molecule has 0 radical (unpaired) electrons.